The fourth-order valence-corrected chi connectivity index (χ4v) is 2.68. The van der Waals surface area contributed by atoms with Crippen LogP contribution in [0.4, 0.5) is 0 Å². The van der Waals surface area contributed by atoms with Crippen LogP contribution in [0, 0.1) is 0 Å². The lowest BCUT2D eigenvalue weighted by molar-refractivity contribution is -0.116. The molecule has 3 heteroatoms. The summed E-state index contributed by atoms with van der Waals surface area (Å²) in [6, 6.07) is 6.50. The summed E-state index contributed by atoms with van der Waals surface area (Å²) >= 11 is 1.76. The van der Waals surface area contributed by atoms with Crippen LogP contribution in [0.5, 0.6) is 0 Å². The third-order valence-corrected chi connectivity index (χ3v) is 3.57. The molecule has 1 aromatic heterocycles. The second-order valence-corrected chi connectivity index (χ2v) is 4.87. The van der Waals surface area contributed by atoms with Crippen molar-refractivity contribution in [2.75, 3.05) is 0 Å². The van der Waals surface area contributed by atoms with E-state index in [-0.39, 0.29) is 5.78 Å². The zero-order valence-corrected chi connectivity index (χ0v) is 9.86. The topological polar surface area (TPSA) is 17.1 Å². The van der Waals surface area contributed by atoms with E-state index in [4.69, 9.17) is 0 Å². The van der Waals surface area contributed by atoms with Crippen LogP contribution in [-0.4, -0.2) is 13.6 Å². The number of benzene rings is 1. The number of carbonyl (C=O) groups is 1. The molecule has 0 saturated carbocycles. The lowest BCUT2D eigenvalue weighted by Gasteiger charge is -1.98. The molecule has 1 aromatic carbocycles. The number of rotatable bonds is 3. The van der Waals surface area contributed by atoms with Gasteiger partial charge in [0.1, 0.15) is 13.6 Å². The molecular weight excluding hydrogens is 203 g/mol. The normalized spacial score (nSPS) is 10.7. The molecule has 0 aliphatic rings. The molecule has 0 spiro atoms. The summed E-state index contributed by atoms with van der Waals surface area (Å²) in [5, 5.41) is 3.49. The molecule has 0 radical (unpaired) electrons. The fraction of sp³-hybridized carbons (Fsp3) is 0.250. The van der Waals surface area contributed by atoms with Crippen molar-refractivity contribution < 1.29 is 4.79 Å². The largest absolute Gasteiger partial charge is 0.300 e. The van der Waals surface area contributed by atoms with Gasteiger partial charge in [-0.05, 0) is 35.7 Å². The molecule has 2 aromatic rings. The van der Waals surface area contributed by atoms with Crippen molar-refractivity contribution in [1.29, 1.82) is 0 Å². The van der Waals surface area contributed by atoms with Crippen molar-refractivity contribution in [3.05, 3.63) is 29.1 Å². The molecule has 1 nitrogen and oxygen atoms in total. The summed E-state index contributed by atoms with van der Waals surface area (Å²) in [5.41, 5.74) is 2.60. The van der Waals surface area contributed by atoms with Gasteiger partial charge < -0.3 is 4.79 Å². The quantitative estimate of drug-likeness (QED) is 0.713. The molecule has 0 aliphatic heterocycles. The summed E-state index contributed by atoms with van der Waals surface area (Å²) < 4.78 is 1.32. The van der Waals surface area contributed by atoms with Crippen LogP contribution in [0.3, 0.4) is 0 Å². The number of aryl methyl sites for hydroxylation is 1. The molecule has 1 heterocycles. The van der Waals surface area contributed by atoms with Crippen LogP contribution in [0.25, 0.3) is 10.1 Å². The van der Waals surface area contributed by atoms with Crippen LogP contribution in [0.15, 0.2) is 23.6 Å². The molecule has 15 heavy (non-hydrogen) atoms. The van der Waals surface area contributed by atoms with Gasteiger partial charge in [-0.25, -0.2) is 0 Å². The van der Waals surface area contributed by atoms with E-state index in [0.717, 1.165) is 6.42 Å². The number of hydrogen-bond donors (Lipinski definition) is 0. The van der Waals surface area contributed by atoms with Gasteiger partial charge in [0.15, 0.2) is 0 Å². The highest BCUT2D eigenvalue weighted by Gasteiger charge is 2.04. The van der Waals surface area contributed by atoms with Gasteiger partial charge in [0, 0.05) is 11.1 Å². The van der Waals surface area contributed by atoms with E-state index < -0.39 is 0 Å². The van der Waals surface area contributed by atoms with Crippen LogP contribution in [-0.2, 0) is 11.2 Å². The highest BCUT2D eigenvalue weighted by Crippen LogP contribution is 2.25. The molecule has 0 bridgehead atoms. The number of ketones is 1. The molecule has 76 valence electrons. The van der Waals surface area contributed by atoms with E-state index in [0.29, 0.717) is 6.42 Å². The Balaban J connectivity index is 2.35. The Kier molecular flexibility index (Phi) is 2.92. The lowest BCUT2D eigenvalue weighted by Crippen LogP contribution is -2.00. The van der Waals surface area contributed by atoms with E-state index in [9.17, 15) is 4.79 Å². The van der Waals surface area contributed by atoms with Gasteiger partial charge in [0.2, 0.25) is 0 Å². The van der Waals surface area contributed by atoms with Gasteiger partial charge in [-0.3, -0.25) is 0 Å². The van der Waals surface area contributed by atoms with Crippen molar-refractivity contribution in [3.8, 4) is 0 Å². The number of thiophene rings is 1. The average molecular weight is 216 g/mol. The van der Waals surface area contributed by atoms with Crippen molar-refractivity contribution in [2.45, 2.75) is 19.8 Å². The second kappa shape index (κ2) is 4.19. The smallest absolute Gasteiger partial charge is 0.139 e. The maximum Gasteiger partial charge on any atom is 0.139 e. The Hall–Kier alpha value is -1.09. The maximum atomic E-state index is 10.9. The van der Waals surface area contributed by atoms with E-state index in [1.165, 1.54) is 21.1 Å². The zero-order valence-electron chi connectivity index (χ0n) is 9.04. The zero-order chi connectivity index (χ0) is 10.8. The maximum absolute atomic E-state index is 10.9. The van der Waals surface area contributed by atoms with Gasteiger partial charge >= 0.3 is 0 Å². The molecule has 0 saturated heterocycles. The first-order valence-corrected chi connectivity index (χ1v) is 6.01. The van der Waals surface area contributed by atoms with Crippen molar-refractivity contribution in [1.82, 2.24) is 0 Å². The Bertz CT molecular complexity index is 501. The van der Waals surface area contributed by atoms with Crippen LogP contribution in [0.2, 0.25) is 0 Å². The van der Waals surface area contributed by atoms with Crippen molar-refractivity contribution in [2.24, 2.45) is 0 Å². The van der Waals surface area contributed by atoms with Crippen molar-refractivity contribution >= 4 is 40.5 Å². The summed E-state index contributed by atoms with van der Waals surface area (Å²) in [5.74, 6) is 0.266. The minimum absolute atomic E-state index is 0.266. The first kappa shape index (κ1) is 10.4. The first-order valence-electron chi connectivity index (χ1n) is 5.13. The molecule has 2 rings (SSSR count). The molecule has 0 unspecified atom stereocenters. The van der Waals surface area contributed by atoms with Crippen LogP contribution < -0.4 is 5.46 Å². The lowest BCUT2D eigenvalue weighted by atomic mass is 9.94. The SMILES string of the molecule is Bc1ccc2scc(CCC(C)=O)c2c1. The summed E-state index contributed by atoms with van der Waals surface area (Å²) in [6.07, 6.45) is 1.53. The van der Waals surface area contributed by atoms with E-state index in [1.807, 2.05) is 0 Å². The molecule has 0 atom stereocenters. The predicted molar refractivity (Wildman–Crippen MR) is 69.0 cm³/mol. The minimum atomic E-state index is 0.266. The van der Waals surface area contributed by atoms with Gasteiger partial charge in [-0.1, -0.05) is 17.6 Å². The molecular formula is C12H13BOS. The third kappa shape index (κ3) is 2.29. The highest BCUT2D eigenvalue weighted by atomic mass is 32.1. The standard InChI is InChI=1S/C12H13BOS/c1-8(14)2-3-9-7-15-12-5-4-10(13)6-11(9)12/h4-7H,2-3,13H2,1H3. The molecule has 0 N–H and O–H groups in total. The van der Waals surface area contributed by atoms with Crippen molar-refractivity contribution in [3.63, 3.8) is 0 Å². The Morgan fingerprint density at radius 1 is 1.47 bits per heavy atom. The van der Waals surface area contributed by atoms with Crippen LogP contribution >= 0.6 is 11.3 Å². The Morgan fingerprint density at radius 3 is 3.00 bits per heavy atom. The van der Waals surface area contributed by atoms with Gasteiger partial charge in [0.25, 0.3) is 0 Å². The summed E-state index contributed by atoms with van der Waals surface area (Å²) in [4.78, 5) is 10.9. The number of carbonyl (C=O) groups excluding carboxylic acids is 1. The minimum Gasteiger partial charge on any atom is -0.300 e. The van der Waals surface area contributed by atoms with Gasteiger partial charge in [-0.15, -0.1) is 11.3 Å². The van der Waals surface area contributed by atoms with Gasteiger partial charge in [0.05, 0.1) is 0 Å². The Labute approximate surface area is 94.5 Å². The highest BCUT2D eigenvalue weighted by molar-refractivity contribution is 7.17. The third-order valence-electron chi connectivity index (χ3n) is 2.56. The molecule has 0 amide bonds. The average Bonchev–Trinajstić information content (AvgIpc) is 2.57. The number of Topliss-reactive ketones (excluding diaryl/α,β-unsaturated/α-hetero) is 1. The van der Waals surface area contributed by atoms with E-state index in [1.54, 1.807) is 18.3 Å². The van der Waals surface area contributed by atoms with E-state index >= 15 is 0 Å². The monoisotopic (exact) mass is 216 g/mol. The van der Waals surface area contributed by atoms with Crippen LogP contribution in [0.1, 0.15) is 18.9 Å². The number of hydrogen-bond acceptors (Lipinski definition) is 2. The number of fused-ring (bicyclic) bond motifs is 1. The summed E-state index contributed by atoms with van der Waals surface area (Å²) in [6.45, 7) is 1.65. The van der Waals surface area contributed by atoms with Gasteiger partial charge in [-0.2, -0.15) is 0 Å². The fourth-order valence-electron chi connectivity index (χ4n) is 1.70. The summed E-state index contributed by atoms with van der Waals surface area (Å²) in [7, 11) is 2.10. The molecule has 0 fully saturated rings. The molecule has 0 aliphatic carbocycles. The first-order chi connectivity index (χ1) is 7.16. The predicted octanol–water partition coefficient (Wildman–Crippen LogP) is 1.68. The Morgan fingerprint density at radius 2 is 2.27 bits per heavy atom. The van der Waals surface area contributed by atoms with E-state index in [2.05, 4.69) is 31.4 Å². The second-order valence-electron chi connectivity index (χ2n) is 3.96.